The zero-order chi connectivity index (χ0) is 19.8. The maximum Gasteiger partial charge on any atom is 0.282 e. The number of ether oxygens (including phenoxy) is 1. The molecule has 1 saturated heterocycles. The summed E-state index contributed by atoms with van der Waals surface area (Å²) in [5.41, 5.74) is 3.68. The molecule has 8 heteroatoms. The molecular formula is C19H28N4O3S. The Kier molecular flexibility index (Phi) is 5.71. The lowest BCUT2D eigenvalue weighted by molar-refractivity contribution is -0.0453. The van der Waals surface area contributed by atoms with Crippen molar-refractivity contribution in [3.8, 4) is 5.69 Å². The van der Waals surface area contributed by atoms with Gasteiger partial charge in [-0.3, -0.25) is 0 Å². The van der Waals surface area contributed by atoms with Gasteiger partial charge in [-0.1, -0.05) is 18.2 Å². The molecule has 0 unspecified atom stereocenters. The molecule has 2 heterocycles. The van der Waals surface area contributed by atoms with Gasteiger partial charge in [-0.05, 0) is 39.8 Å². The van der Waals surface area contributed by atoms with Gasteiger partial charge in [0.1, 0.15) is 0 Å². The monoisotopic (exact) mass is 392 g/mol. The van der Waals surface area contributed by atoms with Crippen LogP contribution in [0.2, 0.25) is 0 Å². The first-order valence-corrected chi connectivity index (χ1v) is 10.6. The van der Waals surface area contributed by atoms with E-state index in [1.54, 1.807) is 7.05 Å². The summed E-state index contributed by atoms with van der Waals surface area (Å²) in [6.45, 7) is 8.72. The third kappa shape index (κ3) is 4.08. The van der Waals surface area contributed by atoms with E-state index in [4.69, 9.17) is 4.74 Å². The van der Waals surface area contributed by atoms with Crippen molar-refractivity contribution in [2.45, 2.75) is 46.4 Å². The second-order valence-corrected chi connectivity index (χ2v) is 9.27. The van der Waals surface area contributed by atoms with Crippen molar-refractivity contribution in [3.63, 3.8) is 0 Å². The lowest BCUT2D eigenvalue weighted by Crippen LogP contribution is -2.52. The van der Waals surface area contributed by atoms with Crippen LogP contribution in [0.3, 0.4) is 0 Å². The van der Waals surface area contributed by atoms with E-state index in [9.17, 15) is 8.42 Å². The number of rotatable bonds is 5. The summed E-state index contributed by atoms with van der Waals surface area (Å²) in [5, 5.41) is 4.61. The summed E-state index contributed by atoms with van der Waals surface area (Å²) >= 11 is 0. The van der Waals surface area contributed by atoms with Gasteiger partial charge in [-0.25, -0.2) is 4.68 Å². The number of hydrogen-bond acceptors (Lipinski definition) is 4. The van der Waals surface area contributed by atoms with Gasteiger partial charge in [0.25, 0.3) is 10.2 Å². The zero-order valence-electron chi connectivity index (χ0n) is 16.6. The molecule has 0 amide bonds. The van der Waals surface area contributed by atoms with Crippen LogP contribution in [0, 0.1) is 13.8 Å². The third-order valence-electron chi connectivity index (χ3n) is 4.93. The number of aromatic nitrogens is 2. The number of nitrogens with zero attached hydrogens (tertiary/aromatic N) is 4. The lowest BCUT2D eigenvalue weighted by Gasteiger charge is -2.36. The highest BCUT2D eigenvalue weighted by Crippen LogP contribution is 2.22. The average Bonchev–Trinajstić information content (AvgIpc) is 2.89. The molecule has 0 bridgehead atoms. The van der Waals surface area contributed by atoms with Gasteiger partial charge in [0.2, 0.25) is 0 Å². The fourth-order valence-electron chi connectivity index (χ4n) is 3.54. The van der Waals surface area contributed by atoms with Gasteiger partial charge in [0, 0.05) is 37.9 Å². The van der Waals surface area contributed by atoms with Crippen LogP contribution < -0.4 is 0 Å². The first-order valence-electron chi connectivity index (χ1n) is 9.17. The number of benzene rings is 1. The van der Waals surface area contributed by atoms with E-state index in [2.05, 4.69) is 5.10 Å². The molecular weight excluding hydrogens is 364 g/mol. The summed E-state index contributed by atoms with van der Waals surface area (Å²) in [5.74, 6) is 0. The average molecular weight is 393 g/mol. The first kappa shape index (κ1) is 20.0. The van der Waals surface area contributed by atoms with Crippen molar-refractivity contribution in [3.05, 3.63) is 47.3 Å². The van der Waals surface area contributed by atoms with Crippen molar-refractivity contribution in [2.24, 2.45) is 0 Å². The van der Waals surface area contributed by atoms with Gasteiger partial charge in [-0.15, -0.1) is 0 Å². The minimum Gasteiger partial charge on any atom is -0.373 e. The lowest BCUT2D eigenvalue weighted by atomic mass is 10.2. The quantitative estimate of drug-likeness (QED) is 0.783. The molecule has 0 N–H and O–H groups in total. The highest BCUT2D eigenvalue weighted by atomic mass is 32.2. The van der Waals surface area contributed by atoms with Crippen LogP contribution in [-0.4, -0.2) is 59.2 Å². The van der Waals surface area contributed by atoms with Crippen molar-refractivity contribution < 1.29 is 13.2 Å². The molecule has 1 aliphatic heterocycles. The highest BCUT2D eigenvalue weighted by molar-refractivity contribution is 7.86. The van der Waals surface area contributed by atoms with E-state index in [0.29, 0.717) is 13.1 Å². The fraction of sp³-hybridized carbons (Fsp3) is 0.526. The van der Waals surface area contributed by atoms with Gasteiger partial charge in [0.05, 0.1) is 23.6 Å². The van der Waals surface area contributed by atoms with Crippen molar-refractivity contribution >= 4 is 10.2 Å². The van der Waals surface area contributed by atoms with Crippen LogP contribution in [0.5, 0.6) is 0 Å². The Balaban J connectivity index is 1.84. The number of morpholine rings is 1. The molecule has 0 aliphatic carbocycles. The molecule has 1 fully saturated rings. The number of aryl methyl sites for hydroxylation is 1. The van der Waals surface area contributed by atoms with Gasteiger partial charge >= 0.3 is 0 Å². The Labute approximate surface area is 161 Å². The Morgan fingerprint density at radius 3 is 2.33 bits per heavy atom. The molecule has 148 valence electrons. The fourth-order valence-corrected chi connectivity index (χ4v) is 5.03. The van der Waals surface area contributed by atoms with Crippen LogP contribution in [0.4, 0.5) is 0 Å². The summed E-state index contributed by atoms with van der Waals surface area (Å²) in [6, 6.07) is 9.85. The van der Waals surface area contributed by atoms with E-state index in [0.717, 1.165) is 22.6 Å². The number of hydrogen-bond donors (Lipinski definition) is 0. The van der Waals surface area contributed by atoms with Crippen LogP contribution in [-0.2, 0) is 21.5 Å². The van der Waals surface area contributed by atoms with Gasteiger partial charge in [0.15, 0.2) is 0 Å². The maximum absolute atomic E-state index is 13.0. The summed E-state index contributed by atoms with van der Waals surface area (Å²) < 4.78 is 36.5. The molecule has 1 aromatic carbocycles. The van der Waals surface area contributed by atoms with Crippen molar-refractivity contribution in [1.29, 1.82) is 0 Å². The summed E-state index contributed by atoms with van der Waals surface area (Å²) in [7, 11) is -1.94. The predicted molar refractivity (Wildman–Crippen MR) is 105 cm³/mol. The molecule has 3 rings (SSSR count). The molecule has 27 heavy (non-hydrogen) atoms. The molecule has 2 atom stereocenters. The van der Waals surface area contributed by atoms with E-state index in [1.807, 2.05) is 62.7 Å². The number of para-hydroxylation sites is 1. The smallest absolute Gasteiger partial charge is 0.282 e. The van der Waals surface area contributed by atoms with Crippen molar-refractivity contribution in [1.82, 2.24) is 18.4 Å². The second kappa shape index (κ2) is 7.71. The third-order valence-corrected chi connectivity index (χ3v) is 6.80. The largest absolute Gasteiger partial charge is 0.373 e. The SMILES string of the molecule is Cc1nn(-c2ccccc2)c(C)c1CN(C)S(=O)(=O)N1C[C@@H](C)O[C@@H](C)C1. The molecule has 2 aromatic rings. The van der Waals surface area contributed by atoms with Crippen LogP contribution in [0.1, 0.15) is 30.8 Å². The standard InChI is InChI=1S/C19H28N4O3S/c1-14-11-22(12-15(2)26-14)27(24,25)21(5)13-19-16(3)20-23(17(19)4)18-9-7-6-8-10-18/h6-10,14-15H,11-13H2,1-5H3/t14-,15+. The summed E-state index contributed by atoms with van der Waals surface area (Å²) in [4.78, 5) is 0. The summed E-state index contributed by atoms with van der Waals surface area (Å²) in [6.07, 6.45) is -0.220. The van der Waals surface area contributed by atoms with E-state index in [1.165, 1.54) is 8.61 Å². The first-order chi connectivity index (χ1) is 12.7. The maximum atomic E-state index is 13.0. The molecule has 1 aromatic heterocycles. The molecule has 1 aliphatic rings. The Bertz CT molecular complexity index is 885. The predicted octanol–water partition coefficient (Wildman–Crippen LogP) is 2.27. The Hall–Kier alpha value is -1.74. The minimum atomic E-state index is -3.57. The van der Waals surface area contributed by atoms with Crippen LogP contribution in [0.25, 0.3) is 5.69 Å². The van der Waals surface area contributed by atoms with E-state index in [-0.39, 0.29) is 18.8 Å². The molecule has 0 spiro atoms. The molecule has 0 saturated carbocycles. The Morgan fingerprint density at radius 2 is 1.74 bits per heavy atom. The van der Waals surface area contributed by atoms with E-state index >= 15 is 0 Å². The molecule has 0 radical (unpaired) electrons. The normalized spacial score (nSPS) is 21.7. The van der Waals surface area contributed by atoms with E-state index < -0.39 is 10.2 Å². The highest BCUT2D eigenvalue weighted by Gasteiger charge is 2.34. The van der Waals surface area contributed by atoms with Crippen LogP contribution in [0.15, 0.2) is 30.3 Å². The molecule has 7 nitrogen and oxygen atoms in total. The van der Waals surface area contributed by atoms with Crippen LogP contribution >= 0.6 is 0 Å². The van der Waals surface area contributed by atoms with Crippen molar-refractivity contribution in [2.75, 3.05) is 20.1 Å². The van der Waals surface area contributed by atoms with Gasteiger partial charge < -0.3 is 4.74 Å². The minimum absolute atomic E-state index is 0.110. The zero-order valence-corrected chi connectivity index (χ0v) is 17.4. The second-order valence-electron chi connectivity index (χ2n) is 7.23. The topological polar surface area (TPSA) is 67.7 Å². The van der Waals surface area contributed by atoms with Gasteiger partial charge in [-0.2, -0.15) is 22.1 Å². The Morgan fingerprint density at radius 1 is 1.15 bits per heavy atom.